The number of nitrogens with one attached hydrogen (secondary N) is 1. The Morgan fingerprint density at radius 2 is 2.10 bits per heavy atom. The highest BCUT2D eigenvalue weighted by molar-refractivity contribution is 5.85. The van der Waals surface area contributed by atoms with Crippen LogP contribution >= 0.6 is 12.4 Å². The van der Waals surface area contributed by atoms with Crippen LogP contribution in [0.3, 0.4) is 0 Å². The minimum atomic E-state index is -0.681. The van der Waals surface area contributed by atoms with E-state index < -0.39 is 5.54 Å². The van der Waals surface area contributed by atoms with E-state index in [0.29, 0.717) is 37.1 Å². The van der Waals surface area contributed by atoms with Crippen molar-refractivity contribution in [2.24, 2.45) is 5.92 Å². The summed E-state index contributed by atoms with van der Waals surface area (Å²) in [5.41, 5.74) is -0.681. The van der Waals surface area contributed by atoms with Gasteiger partial charge in [0, 0.05) is 26.0 Å². The summed E-state index contributed by atoms with van der Waals surface area (Å²) >= 11 is 0. The van der Waals surface area contributed by atoms with Crippen molar-refractivity contribution in [2.45, 2.75) is 51.8 Å². The monoisotopic (exact) mass is 426 g/mol. The summed E-state index contributed by atoms with van der Waals surface area (Å²) in [6.45, 7) is 8.50. The van der Waals surface area contributed by atoms with Crippen LogP contribution in [0.2, 0.25) is 0 Å². The Bertz CT molecular complexity index is 758. The third kappa shape index (κ3) is 5.34. The van der Waals surface area contributed by atoms with Gasteiger partial charge in [-0.25, -0.2) is 0 Å². The molecule has 0 aliphatic carbocycles. The first kappa shape index (κ1) is 23.3. The molecule has 1 aliphatic rings. The minimum absolute atomic E-state index is 0. The fourth-order valence-corrected chi connectivity index (χ4v) is 3.44. The van der Waals surface area contributed by atoms with Gasteiger partial charge in [0.25, 0.3) is 5.91 Å². The van der Waals surface area contributed by atoms with Gasteiger partial charge in [-0.1, -0.05) is 19.0 Å². The minimum Gasteiger partial charge on any atom is -0.370 e. The van der Waals surface area contributed by atoms with Gasteiger partial charge in [-0.15, -0.1) is 12.4 Å². The Labute approximate surface area is 177 Å². The number of piperidine rings is 1. The lowest BCUT2D eigenvalue weighted by Crippen LogP contribution is -2.54. The summed E-state index contributed by atoms with van der Waals surface area (Å²) < 4.78 is 12.9. The van der Waals surface area contributed by atoms with E-state index in [-0.39, 0.29) is 31.0 Å². The first-order valence-electron chi connectivity index (χ1n) is 9.83. The zero-order chi connectivity index (χ0) is 20.1. The van der Waals surface area contributed by atoms with E-state index in [1.165, 1.54) is 0 Å². The first-order valence-corrected chi connectivity index (χ1v) is 9.83. The predicted molar refractivity (Wildman–Crippen MR) is 110 cm³/mol. The van der Waals surface area contributed by atoms with E-state index in [2.05, 4.69) is 34.4 Å². The number of aromatic nitrogens is 4. The molecule has 1 saturated heterocycles. The van der Waals surface area contributed by atoms with Crippen molar-refractivity contribution >= 4 is 18.3 Å². The average molecular weight is 427 g/mol. The van der Waals surface area contributed by atoms with Crippen molar-refractivity contribution < 1.29 is 14.1 Å². The quantitative estimate of drug-likeness (QED) is 0.690. The highest BCUT2D eigenvalue weighted by atomic mass is 35.5. The van der Waals surface area contributed by atoms with Gasteiger partial charge in [0.1, 0.15) is 11.6 Å². The Hall–Kier alpha value is -1.97. The van der Waals surface area contributed by atoms with Crippen LogP contribution in [0.4, 0.5) is 0 Å². The number of nitrogens with zero attached hydrogens (tertiary/aromatic N) is 5. The van der Waals surface area contributed by atoms with E-state index in [9.17, 15) is 4.79 Å². The number of ether oxygens (including phenoxy) is 1. The topological polar surface area (TPSA) is 98.3 Å². The maximum atomic E-state index is 13.4. The zero-order valence-corrected chi connectivity index (χ0v) is 18.3. The van der Waals surface area contributed by atoms with Crippen molar-refractivity contribution in [3.63, 3.8) is 0 Å². The number of rotatable bonds is 8. The van der Waals surface area contributed by atoms with Crippen molar-refractivity contribution in [1.82, 2.24) is 30.1 Å². The molecule has 0 aromatic carbocycles. The van der Waals surface area contributed by atoms with E-state index in [4.69, 9.17) is 9.26 Å². The van der Waals surface area contributed by atoms with Crippen LogP contribution in [0.1, 0.15) is 51.4 Å². The summed E-state index contributed by atoms with van der Waals surface area (Å²) in [6.07, 6.45) is 4.69. The number of carbonyl (C=O) groups excluding carboxylic acids is 1. The van der Waals surface area contributed by atoms with Crippen molar-refractivity contribution in [1.29, 1.82) is 0 Å². The van der Waals surface area contributed by atoms with Gasteiger partial charge in [0.05, 0.1) is 6.54 Å². The van der Waals surface area contributed by atoms with Gasteiger partial charge in [0.2, 0.25) is 5.89 Å². The lowest BCUT2D eigenvalue weighted by atomic mass is 9.87. The van der Waals surface area contributed by atoms with E-state index in [0.717, 1.165) is 13.1 Å². The second kappa shape index (κ2) is 10.2. The van der Waals surface area contributed by atoms with Crippen LogP contribution in [0, 0.1) is 5.92 Å². The van der Waals surface area contributed by atoms with Gasteiger partial charge in [-0.05, 0) is 44.8 Å². The Kier molecular flexibility index (Phi) is 8.18. The Balaban J connectivity index is 0.00000300. The predicted octanol–water partition coefficient (Wildman–Crippen LogP) is 2.16. The fraction of sp³-hybridized carbons (Fsp3) is 0.684. The number of amides is 1. The summed E-state index contributed by atoms with van der Waals surface area (Å²) in [7, 11) is 1.76. The average Bonchev–Trinajstić information content (AvgIpc) is 3.38. The molecule has 0 radical (unpaired) electrons. The lowest BCUT2D eigenvalue weighted by molar-refractivity contribution is -0.142. The largest absolute Gasteiger partial charge is 0.370 e. The third-order valence-corrected chi connectivity index (χ3v) is 5.02. The first-order chi connectivity index (χ1) is 13.4. The Morgan fingerprint density at radius 1 is 1.38 bits per heavy atom. The van der Waals surface area contributed by atoms with Gasteiger partial charge < -0.3 is 19.5 Å². The molecule has 3 rings (SSSR count). The molecule has 0 spiro atoms. The third-order valence-electron chi connectivity index (χ3n) is 5.02. The molecule has 29 heavy (non-hydrogen) atoms. The lowest BCUT2D eigenvalue weighted by Gasteiger charge is -2.38. The number of hydrogen-bond acceptors (Lipinski definition) is 7. The molecular formula is C19H31ClN6O3. The molecule has 1 fully saturated rings. The van der Waals surface area contributed by atoms with Gasteiger partial charge >= 0.3 is 0 Å². The number of carbonyl (C=O) groups is 1. The molecule has 1 amide bonds. The highest BCUT2D eigenvalue weighted by Crippen LogP contribution is 2.29. The molecule has 9 nitrogen and oxygen atoms in total. The van der Waals surface area contributed by atoms with Crippen LogP contribution in [0.15, 0.2) is 23.0 Å². The molecule has 1 N–H and O–H groups in total. The zero-order valence-electron chi connectivity index (χ0n) is 17.5. The summed E-state index contributed by atoms with van der Waals surface area (Å²) in [6, 6.07) is 1.85. The molecule has 0 saturated carbocycles. The van der Waals surface area contributed by atoms with Crippen molar-refractivity contribution in [3.05, 3.63) is 30.2 Å². The SMILES string of the molecule is CC(C)COC(C)c1noc(CN(C)C(=O)C2(n3cccn3)CCNCC2)n1.Cl. The van der Waals surface area contributed by atoms with Gasteiger partial charge in [-0.2, -0.15) is 10.1 Å². The molecule has 3 heterocycles. The highest BCUT2D eigenvalue weighted by Gasteiger charge is 2.43. The Morgan fingerprint density at radius 3 is 2.72 bits per heavy atom. The van der Waals surface area contributed by atoms with E-state index >= 15 is 0 Å². The van der Waals surface area contributed by atoms with Crippen LogP contribution in [0.5, 0.6) is 0 Å². The van der Waals surface area contributed by atoms with E-state index in [1.54, 1.807) is 22.8 Å². The number of halogens is 1. The van der Waals surface area contributed by atoms with Gasteiger partial charge in [0.15, 0.2) is 5.82 Å². The molecule has 0 bridgehead atoms. The molecule has 162 valence electrons. The molecule has 10 heteroatoms. The second-order valence-electron chi connectivity index (χ2n) is 7.81. The van der Waals surface area contributed by atoms with Crippen LogP contribution < -0.4 is 5.32 Å². The van der Waals surface area contributed by atoms with E-state index in [1.807, 2.05) is 19.2 Å². The summed E-state index contributed by atoms with van der Waals surface area (Å²) in [5, 5.41) is 11.7. The molecule has 1 atom stereocenters. The normalized spacial score (nSPS) is 17.0. The molecule has 2 aromatic heterocycles. The van der Waals surface area contributed by atoms with Crippen LogP contribution in [-0.4, -0.2) is 57.5 Å². The molecular weight excluding hydrogens is 396 g/mol. The van der Waals surface area contributed by atoms with Crippen molar-refractivity contribution in [3.8, 4) is 0 Å². The maximum Gasteiger partial charge on any atom is 0.250 e. The molecule has 1 unspecified atom stereocenters. The maximum absolute atomic E-state index is 13.4. The number of likely N-dealkylation sites (N-methyl/N-ethyl adjacent to an activating group) is 1. The summed E-state index contributed by atoms with van der Waals surface area (Å²) in [5.74, 6) is 1.33. The summed E-state index contributed by atoms with van der Waals surface area (Å²) in [4.78, 5) is 19.4. The standard InChI is InChI=1S/C19H30N6O3.ClH/c1-14(2)13-27-15(3)17-22-16(28-23-17)12-24(4)18(26)19(6-9-20-10-7-19)25-11-5-8-21-25;/h5,8,11,14-15,20H,6-7,9-10,12-13H2,1-4H3;1H. The van der Waals surface area contributed by atoms with Gasteiger partial charge in [-0.3, -0.25) is 9.48 Å². The van der Waals surface area contributed by atoms with Crippen molar-refractivity contribution in [2.75, 3.05) is 26.7 Å². The smallest absolute Gasteiger partial charge is 0.250 e. The van der Waals surface area contributed by atoms with Crippen LogP contribution in [0.25, 0.3) is 0 Å². The molecule has 1 aliphatic heterocycles. The second-order valence-corrected chi connectivity index (χ2v) is 7.81. The fourth-order valence-electron chi connectivity index (χ4n) is 3.44. The van der Waals surface area contributed by atoms with Crippen LogP contribution in [-0.2, 0) is 21.6 Å². The number of hydrogen-bond donors (Lipinski definition) is 1. The molecule has 2 aromatic rings.